The minimum Gasteiger partial charge on any atom is -0.480 e. The summed E-state index contributed by atoms with van der Waals surface area (Å²) in [4.78, 5) is 12.1. The lowest BCUT2D eigenvalue weighted by molar-refractivity contribution is -0.435. The van der Waals surface area contributed by atoms with Gasteiger partial charge in [-0.3, -0.25) is 0 Å². The molecule has 1 heterocycles. The van der Waals surface area contributed by atoms with Crippen LogP contribution in [0.4, 0.5) is 0 Å². The Bertz CT molecular complexity index is 1470. The number of hydrogen-bond donors (Lipinski definition) is 4. The summed E-state index contributed by atoms with van der Waals surface area (Å²) in [6.45, 7) is -1.46. The van der Waals surface area contributed by atoms with Crippen LogP contribution in [0.3, 0.4) is 0 Å². The summed E-state index contributed by atoms with van der Waals surface area (Å²) in [6.07, 6.45) is -3.16. The van der Waals surface area contributed by atoms with Gasteiger partial charge in [-0.15, -0.1) is 0 Å². The van der Waals surface area contributed by atoms with Gasteiger partial charge >= 0.3 is 5.97 Å². The molecule has 230 valence electrons. The van der Waals surface area contributed by atoms with Crippen LogP contribution in [0.2, 0.25) is 0 Å². The quantitative estimate of drug-likeness (QED) is 0.182. The standard InChI is InChI=1S/C36H38O8/c37-24-31-33(40)34(41,21-27-13-5-1-6-14-27)35(22-28-15-7-2-8-16-28,42-25-30-19-11-4-12-20-30)36(44-31,43-26-32(38)39)23-29-17-9-3-10-18-29/h1-20,31,33,37,40-41H,21-26H2,(H,38,39)/t31-,33-,34+,35-,36?/m1/s1. The number of aliphatic carboxylic acids is 1. The average molecular weight is 599 g/mol. The first-order valence-electron chi connectivity index (χ1n) is 14.7. The molecule has 0 saturated carbocycles. The molecule has 4 aromatic carbocycles. The molecule has 1 saturated heterocycles. The predicted octanol–water partition coefficient (Wildman–Crippen LogP) is 3.95. The number of carboxylic acid groups (broad SMARTS) is 1. The lowest BCUT2D eigenvalue weighted by atomic mass is 9.62. The minimum atomic E-state index is -2.15. The van der Waals surface area contributed by atoms with Crippen LogP contribution in [-0.2, 0) is 44.9 Å². The van der Waals surface area contributed by atoms with E-state index in [9.17, 15) is 25.2 Å². The third kappa shape index (κ3) is 6.46. The second kappa shape index (κ2) is 13.8. The number of carboxylic acids is 1. The summed E-state index contributed by atoms with van der Waals surface area (Å²) in [7, 11) is 0. The van der Waals surface area contributed by atoms with E-state index in [0.717, 1.165) is 11.1 Å². The topological polar surface area (TPSA) is 126 Å². The summed E-state index contributed by atoms with van der Waals surface area (Å²) in [5.41, 5.74) is -1.13. The van der Waals surface area contributed by atoms with Crippen molar-refractivity contribution < 1.29 is 39.4 Å². The summed E-state index contributed by atoms with van der Waals surface area (Å²) in [5, 5.41) is 45.4. The highest BCUT2D eigenvalue weighted by molar-refractivity contribution is 5.68. The van der Waals surface area contributed by atoms with Crippen molar-refractivity contribution in [1.82, 2.24) is 0 Å². The highest BCUT2D eigenvalue weighted by Gasteiger charge is 2.73. The average Bonchev–Trinajstić information content (AvgIpc) is 3.05. The molecule has 5 rings (SSSR count). The van der Waals surface area contributed by atoms with Crippen LogP contribution in [-0.4, -0.2) is 68.8 Å². The van der Waals surface area contributed by atoms with Gasteiger partial charge in [0, 0.05) is 19.3 Å². The van der Waals surface area contributed by atoms with E-state index in [0.29, 0.717) is 11.1 Å². The highest BCUT2D eigenvalue weighted by Crippen LogP contribution is 2.53. The smallest absolute Gasteiger partial charge is 0.329 e. The molecule has 5 atom stereocenters. The van der Waals surface area contributed by atoms with Gasteiger partial charge in [0.15, 0.2) is 5.60 Å². The maximum Gasteiger partial charge on any atom is 0.329 e. The molecule has 1 aliphatic heterocycles. The van der Waals surface area contributed by atoms with Crippen LogP contribution in [0.15, 0.2) is 121 Å². The second-order valence-electron chi connectivity index (χ2n) is 11.2. The van der Waals surface area contributed by atoms with Crippen molar-refractivity contribution in [2.24, 2.45) is 0 Å². The Balaban J connectivity index is 1.79. The zero-order valence-corrected chi connectivity index (χ0v) is 24.4. The number of aliphatic hydroxyl groups is 3. The first-order valence-corrected chi connectivity index (χ1v) is 14.7. The van der Waals surface area contributed by atoms with E-state index in [1.807, 2.05) is 121 Å². The van der Waals surface area contributed by atoms with Crippen LogP contribution in [0.5, 0.6) is 0 Å². The third-order valence-corrected chi connectivity index (χ3v) is 8.33. The lowest BCUT2D eigenvalue weighted by Crippen LogP contribution is -2.82. The van der Waals surface area contributed by atoms with Crippen molar-refractivity contribution in [3.05, 3.63) is 144 Å². The minimum absolute atomic E-state index is 0.0163. The van der Waals surface area contributed by atoms with Crippen molar-refractivity contribution >= 4 is 5.97 Å². The Labute approximate surface area is 257 Å². The molecule has 0 radical (unpaired) electrons. The number of ether oxygens (including phenoxy) is 3. The first-order chi connectivity index (χ1) is 21.3. The molecule has 1 aliphatic rings. The van der Waals surface area contributed by atoms with Gasteiger partial charge in [-0.05, 0) is 22.3 Å². The van der Waals surface area contributed by atoms with Gasteiger partial charge in [0.25, 0.3) is 0 Å². The maximum atomic E-state index is 13.1. The van der Waals surface area contributed by atoms with Crippen LogP contribution < -0.4 is 0 Å². The van der Waals surface area contributed by atoms with E-state index < -0.39 is 48.4 Å². The van der Waals surface area contributed by atoms with Gasteiger partial charge in [-0.1, -0.05) is 121 Å². The SMILES string of the molecule is O=C(O)COC1(Cc2ccccc2)O[C@H](CO)[C@@H](O)[C@@](O)(Cc2ccccc2)[C@@]1(Cc1ccccc1)OCc1ccccc1. The van der Waals surface area contributed by atoms with E-state index >= 15 is 0 Å². The van der Waals surface area contributed by atoms with Crippen molar-refractivity contribution in [2.45, 2.75) is 55.1 Å². The zero-order chi connectivity index (χ0) is 31.0. The largest absolute Gasteiger partial charge is 0.480 e. The Hall–Kier alpha value is -3.89. The number of carbonyl (C=O) groups is 1. The van der Waals surface area contributed by atoms with Gasteiger partial charge < -0.3 is 34.6 Å². The molecule has 1 unspecified atom stereocenters. The van der Waals surface area contributed by atoms with Crippen molar-refractivity contribution in [3.63, 3.8) is 0 Å². The predicted molar refractivity (Wildman–Crippen MR) is 164 cm³/mol. The third-order valence-electron chi connectivity index (χ3n) is 8.33. The van der Waals surface area contributed by atoms with Gasteiger partial charge in [0.05, 0.1) is 13.2 Å². The van der Waals surface area contributed by atoms with E-state index in [4.69, 9.17) is 14.2 Å². The lowest BCUT2D eigenvalue weighted by Gasteiger charge is -2.63. The molecular formula is C36H38O8. The van der Waals surface area contributed by atoms with Gasteiger partial charge in [-0.2, -0.15) is 0 Å². The molecular weight excluding hydrogens is 560 g/mol. The van der Waals surface area contributed by atoms with Crippen LogP contribution in [0, 0.1) is 0 Å². The van der Waals surface area contributed by atoms with Gasteiger partial charge in [-0.25, -0.2) is 4.79 Å². The van der Waals surface area contributed by atoms with Crippen molar-refractivity contribution in [1.29, 1.82) is 0 Å². The summed E-state index contributed by atoms with van der Waals surface area (Å²) < 4.78 is 19.7. The van der Waals surface area contributed by atoms with Crippen molar-refractivity contribution in [2.75, 3.05) is 13.2 Å². The molecule has 44 heavy (non-hydrogen) atoms. The van der Waals surface area contributed by atoms with Crippen LogP contribution >= 0.6 is 0 Å². The Morgan fingerprint density at radius 3 is 1.61 bits per heavy atom. The fourth-order valence-electron chi connectivity index (χ4n) is 6.24. The van der Waals surface area contributed by atoms with Crippen LogP contribution in [0.1, 0.15) is 22.3 Å². The molecule has 4 aromatic rings. The monoisotopic (exact) mass is 598 g/mol. The molecule has 8 heteroatoms. The van der Waals surface area contributed by atoms with Crippen molar-refractivity contribution in [3.8, 4) is 0 Å². The normalized spacial score (nSPS) is 26.7. The zero-order valence-electron chi connectivity index (χ0n) is 24.4. The number of rotatable bonds is 13. The first kappa shape index (κ1) is 31.5. The molecule has 0 spiro atoms. The molecule has 8 nitrogen and oxygen atoms in total. The fourth-order valence-corrected chi connectivity index (χ4v) is 6.24. The molecule has 0 aromatic heterocycles. The Morgan fingerprint density at radius 2 is 1.14 bits per heavy atom. The molecule has 0 aliphatic carbocycles. The number of aliphatic hydroxyl groups excluding tert-OH is 2. The highest BCUT2D eigenvalue weighted by atomic mass is 16.7. The van der Waals surface area contributed by atoms with E-state index in [1.165, 1.54) is 0 Å². The molecule has 0 amide bonds. The fraction of sp³-hybridized carbons (Fsp3) is 0.306. The molecule has 1 fully saturated rings. The Kier molecular flexibility index (Phi) is 9.90. The number of benzene rings is 4. The second-order valence-corrected chi connectivity index (χ2v) is 11.2. The summed E-state index contributed by atoms with van der Waals surface area (Å²) in [6, 6.07) is 37.0. The van der Waals surface area contributed by atoms with Gasteiger partial charge in [0.2, 0.25) is 5.79 Å². The molecule has 4 N–H and O–H groups in total. The van der Waals surface area contributed by atoms with E-state index in [-0.39, 0.29) is 25.9 Å². The maximum absolute atomic E-state index is 13.1. The Morgan fingerprint density at radius 1 is 0.682 bits per heavy atom. The molecule has 0 bridgehead atoms. The number of hydrogen-bond acceptors (Lipinski definition) is 7. The van der Waals surface area contributed by atoms with Gasteiger partial charge in [0.1, 0.15) is 24.4 Å². The van der Waals surface area contributed by atoms with E-state index in [1.54, 1.807) is 0 Å². The van der Waals surface area contributed by atoms with Crippen LogP contribution in [0.25, 0.3) is 0 Å². The van der Waals surface area contributed by atoms with E-state index in [2.05, 4.69) is 0 Å². The summed E-state index contributed by atoms with van der Waals surface area (Å²) in [5.74, 6) is -3.25. The summed E-state index contributed by atoms with van der Waals surface area (Å²) >= 11 is 0.